The Morgan fingerprint density at radius 3 is 2.79 bits per heavy atom. The minimum absolute atomic E-state index is 0.00858. The van der Waals surface area contributed by atoms with Crippen LogP contribution in [0, 0.1) is 10.1 Å². The lowest BCUT2D eigenvalue weighted by Gasteiger charge is -2.25. The fourth-order valence-electron chi connectivity index (χ4n) is 2.52. The fourth-order valence-corrected chi connectivity index (χ4v) is 6.09. The zero-order chi connectivity index (χ0) is 17.9. The summed E-state index contributed by atoms with van der Waals surface area (Å²) in [6, 6.07) is 5.92. The maximum atomic E-state index is 12.3. The van der Waals surface area contributed by atoms with Gasteiger partial charge < -0.3 is 4.90 Å². The molecule has 0 radical (unpaired) electrons. The Morgan fingerprint density at radius 2 is 2.21 bits per heavy atom. The summed E-state index contributed by atoms with van der Waals surface area (Å²) in [5, 5.41) is 10.8. The summed E-state index contributed by atoms with van der Waals surface area (Å²) in [4.78, 5) is 24.2. The highest BCUT2D eigenvalue weighted by Gasteiger charge is 2.29. The topological polar surface area (TPSA) is 97.6 Å². The number of nitro groups is 1. The van der Waals surface area contributed by atoms with Crippen LogP contribution in [-0.2, 0) is 14.6 Å². The van der Waals surface area contributed by atoms with Crippen LogP contribution in [0.1, 0.15) is 24.9 Å². The molecule has 0 aromatic heterocycles. The van der Waals surface area contributed by atoms with E-state index in [1.165, 1.54) is 28.8 Å². The molecular weight excluding hydrogens is 352 g/mol. The highest BCUT2D eigenvalue weighted by molar-refractivity contribution is 8.02. The molecule has 1 aliphatic heterocycles. The van der Waals surface area contributed by atoms with E-state index in [1.807, 2.05) is 6.92 Å². The average molecular weight is 372 g/mol. The van der Waals surface area contributed by atoms with E-state index >= 15 is 0 Å². The minimum atomic E-state index is -2.95. The molecule has 7 nitrogen and oxygen atoms in total. The molecule has 0 spiro atoms. The summed E-state index contributed by atoms with van der Waals surface area (Å²) in [6.07, 6.45) is 0.588. The van der Waals surface area contributed by atoms with Gasteiger partial charge >= 0.3 is 0 Å². The molecule has 0 unspecified atom stereocenters. The van der Waals surface area contributed by atoms with E-state index in [-0.39, 0.29) is 40.1 Å². The van der Waals surface area contributed by atoms with Crippen molar-refractivity contribution in [3.05, 3.63) is 39.9 Å². The highest BCUT2D eigenvalue weighted by atomic mass is 32.2. The standard InChI is InChI=1S/C15H20N2O5S2/c1-11(12-4-3-5-13(8-12)17(19)20)16(2)15(18)9-23-14-6-7-24(21,22)10-14/h3-5,8,11,14H,6-7,9-10H2,1-2H3/t11-,14-/m0/s1. The zero-order valence-electron chi connectivity index (χ0n) is 13.5. The molecule has 1 aliphatic rings. The van der Waals surface area contributed by atoms with Crippen LogP contribution in [0.2, 0.25) is 0 Å². The molecular formula is C15H20N2O5S2. The van der Waals surface area contributed by atoms with Crippen molar-refractivity contribution in [2.75, 3.05) is 24.3 Å². The summed E-state index contributed by atoms with van der Waals surface area (Å²) in [5.41, 5.74) is 0.680. The predicted molar refractivity (Wildman–Crippen MR) is 93.8 cm³/mol. The first kappa shape index (κ1) is 18.7. The zero-order valence-corrected chi connectivity index (χ0v) is 15.2. The molecule has 2 atom stereocenters. The molecule has 0 saturated carbocycles. The highest BCUT2D eigenvalue weighted by Crippen LogP contribution is 2.27. The number of nitro benzene ring substituents is 1. The van der Waals surface area contributed by atoms with Crippen LogP contribution in [0.3, 0.4) is 0 Å². The second kappa shape index (κ2) is 7.52. The van der Waals surface area contributed by atoms with Gasteiger partial charge in [-0.15, -0.1) is 11.8 Å². The lowest BCUT2D eigenvalue weighted by molar-refractivity contribution is -0.384. The van der Waals surface area contributed by atoms with Crippen molar-refractivity contribution >= 4 is 33.2 Å². The Balaban J connectivity index is 1.95. The van der Waals surface area contributed by atoms with Crippen LogP contribution in [-0.4, -0.2) is 53.7 Å². The smallest absolute Gasteiger partial charge is 0.269 e. The molecule has 0 aliphatic carbocycles. The Morgan fingerprint density at radius 1 is 1.50 bits per heavy atom. The molecule has 0 bridgehead atoms. The van der Waals surface area contributed by atoms with Crippen molar-refractivity contribution in [3.8, 4) is 0 Å². The number of nitrogens with zero attached hydrogens (tertiary/aromatic N) is 2. The van der Waals surface area contributed by atoms with Gasteiger partial charge in [0.1, 0.15) is 0 Å². The van der Waals surface area contributed by atoms with Crippen molar-refractivity contribution in [1.82, 2.24) is 4.90 Å². The molecule has 24 heavy (non-hydrogen) atoms. The van der Waals surface area contributed by atoms with Gasteiger partial charge in [0.05, 0.1) is 28.2 Å². The molecule has 1 aromatic carbocycles. The molecule has 132 valence electrons. The van der Waals surface area contributed by atoms with E-state index in [2.05, 4.69) is 0 Å². The summed E-state index contributed by atoms with van der Waals surface area (Å²) in [7, 11) is -1.29. The number of amides is 1. The van der Waals surface area contributed by atoms with Gasteiger partial charge in [0, 0.05) is 24.4 Å². The van der Waals surface area contributed by atoms with Gasteiger partial charge in [0.25, 0.3) is 5.69 Å². The third-order valence-electron chi connectivity index (χ3n) is 4.17. The largest absolute Gasteiger partial charge is 0.338 e. The van der Waals surface area contributed by atoms with Gasteiger partial charge in [-0.25, -0.2) is 8.42 Å². The van der Waals surface area contributed by atoms with E-state index < -0.39 is 14.8 Å². The van der Waals surface area contributed by atoms with Gasteiger partial charge in [-0.05, 0) is 18.9 Å². The number of rotatable bonds is 6. The lowest BCUT2D eigenvalue weighted by atomic mass is 10.1. The Hall–Kier alpha value is -1.61. The number of carbonyl (C=O) groups excluding carboxylic acids is 1. The lowest BCUT2D eigenvalue weighted by Crippen LogP contribution is -2.31. The fraction of sp³-hybridized carbons (Fsp3) is 0.533. The van der Waals surface area contributed by atoms with E-state index in [1.54, 1.807) is 19.2 Å². The molecule has 1 fully saturated rings. The molecule has 1 amide bonds. The summed E-state index contributed by atoms with van der Waals surface area (Å²) in [5.74, 6) is 0.410. The monoisotopic (exact) mass is 372 g/mol. The number of sulfone groups is 1. The van der Waals surface area contributed by atoms with Crippen molar-refractivity contribution in [2.24, 2.45) is 0 Å². The molecule has 1 aromatic rings. The van der Waals surface area contributed by atoms with Crippen LogP contribution >= 0.6 is 11.8 Å². The van der Waals surface area contributed by atoms with Crippen molar-refractivity contribution in [1.29, 1.82) is 0 Å². The maximum Gasteiger partial charge on any atom is 0.269 e. The van der Waals surface area contributed by atoms with Crippen LogP contribution in [0.15, 0.2) is 24.3 Å². The minimum Gasteiger partial charge on any atom is -0.338 e. The number of hydrogen-bond acceptors (Lipinski definition) is 6. The second-order valence-electron chi connectivity index (χ2n) is 5.87. The van der Waals surface area contributed by atoms with E-state index in [9.17, 15) is 23.3 Å². The summed E-state index contributed by atoms with van der Waals surface area (Å²) >= 11 is 1.36. The van der Waals surface area contributed by atoms with Crippen molar-refractivity contribution in [3.63, 3.8) is 0 Å². The number of benzene rings is 1. The quantitative estimate of drug-likeness (QED) is 0.560. The molecule has 2 rings (SSSR count). The number of hydrogen-bond donors (Lipinski definition) is 0. The van der Waals surface area contributed by atoms with Gasteiger partial charge in [-0.2, -0.15) is 0 Å². The van der Waals surface area contributed by atoms with E-state index in [0.717, 1.165) is 0 Å². The maximum absolute atomic E-state index is 12.3. The normalized spacial score (nSPS) is 20.5. The Bertz CT molecular complexity index is 735. The number of non-ortho nitro benzene ring substituents is 1. The summed E-state index contributed by atoms with van der Waals surface area (Å²) in [6.45, 7) is 1.81. The summed E-state index contributed by atoms with van der Waals surface area (Å²) < 4.78 is 22.9. The van der Waals surface area contributed by atoms with Crippen LogP contribution in [0.4, 0.5) is 5.69 Å². The molecule has 9 heteroatoms. The van der Waals surface area contributed by atoms with E-state index in [0.29, 0.717) is 12.0 Å². The van der Waals surface area contributed by atoms with Gasteiger partial charge in [0.2, 0.25) is 5.91 Å². The van der Waals surface area contributed by atoms with Crippen molar-refractivity contribution in [2.45, 2.75) is 24.6 Å². The number of carbonyl (C=O) groups is 1. The van der Waals surface area contributed by atoms with Crippen LogP contribution < -0.4 is 0 Å². The average Bonchev–Trinajstić information content (AvgIpc) is 2.90. The van der Waals surface area contributed by atoms with Gasteiger partial charge in [0.15, 0.2) is 9.84 Å². The first-order chi connectivity index (χ1) is 11.2. The van der Waals surface area contributed by atoms with Gasteiger partial charge in [-0.3, -0.25) is 14.9 Å². The van der Waals surface area contributed by atoms with Crippen LogP contribution in [0.5, 0.6) is 0 Å². The Labute approximate surface area is 145 Å². The molecule has 1 saturated heterocycles. The third-order valence-corrected chi connectivity index (χ3v) is 7.44. The number of thioether (sulfide) groups is 1. The van der Waals surface area contributed by atoms with Gasteiger partial charge in [-0.1, -0.05) is 12.1 Å². The van der Waals surface area contributed by atoms with Crippen LogP contribution in [0.25, 0.3) is 0 Å². The first-order valence-corrected chi connectivity index (χ1v) is 10.4. The first-order valence-electron chi connectivity index (χ1n) is 7.51. The predicted octanol–water partition coefficient (Wildman–Crippen LogP) is 2.03. The Kier molecular flexibility index (Phi) is 5.87. The second-order valence-corrected chi connectivity index (χ2v) is 9.39. The third kappa shape index (κ3) is 4.70. The van der Waals surface area contributed by atoms with E-state index in [4.69, 9.17) is 0 Å². The SMILES string of the molecule is C[C@@H](c1cccc([N+](=O)[O-])c1)N(C)C(=O)CS[C@H]1CCS(=O)(=O)C1. The molecule has 1 heterocycles. The van der Waals surface area contributed by atoms with Crippen molar-refractivity contribution < 1.29 is 18.1 Å². The molecule has 0 N–H and O–H groups in total.